The molecule has 2 heterocycles. The first-order chi connectivity index (χ1) is 8.72. The summed E-state index contributed by atoms with van der Waals surface area (Å²) in [5, 5.41) is 21.7. The lowest BCUT2D eigenvalue weighted by atomic mass is 10.2. The van der Waals surface area contributed by atoms with Gasteiger partial charge in [0.15, 0.2) is 5.82 Å². The number of para-hydroxylation sites is 1. The number of benzene rings is 1. The molecule has 6 nitrogen and oxygen atoms in total. The molecule has 0 radical (unpaired) electrons. The van der Waals surface area contributed by atoms with Crippen molar-refractivity contribution in [2.24, 2.45) is 7.05 Å². The summed E-state index contributed by atoms with van der Waals surface area (Å²) in [6, 6.07) is 9.78. The van der Waals surface area contributed by atoms with Crippen molar-refractivity contribution in [1.29, 1.82) is 5.26 Å². The minimum atomic E-state index is 0.521. The van der Waals surface area contributed by atoms with Crippen LogP contribution in [0.4, 0.5) is 0 Å². The molecule has 0 saturated heterocycles. The van der Waals surface area contributed by atoms with Crippen molar-refractivity contribution in [2.75, 3.05) is 0 Å². The number of hydrogen-bond acceptors (Lipinski definition) is 4. The van der Waals surface area contributed by atoms with E-state index in [1.165, 1.54) is 0 Å². The van der Waals surface area contributed by atoms with Gasteiger partial charge in [0, 0.05) is 7.05 Å². The minimum absolute atomic E-state index is 0.521. The molecule has 3 aromatic rings. The Hall–Kier alpha value is -2.68. The van der Waals surface area contributed by atoms with Gasteiger partial charge in [0.2, 0.25) is 0 Å². The Balaban J connectivity index is 2.37. The molecule has 0 unspecified atom stereocenters. The van der Waals surface area contributed by atoms with Gasteiger partial charge in [-0.1, -0.05) is 17.3 Å². The summed E-state index contributed by atoms with van der Waals surface area (Å²) < 4.78 is 3.29. The third-order valence-corrected chi connectivity index (χ3v) is 2.86. The Bertz CT molecular complexity index is 774. The van der Waals surface area contributed by atoms with Gasteiger partial charge in [0.1, 0.15) is 17.1 Å². The van der Waals surface area contributed by atoms with E-state index in [1.807, 2.05) is 24.3 Å². The highest BCUT2D eigenvalue weighted by molar-refractivity contribution is 5.76. The van der Waals surface area contributed by atoms with E-state index in [-0.39, 0.29) is 0 Å². The molecule has 88 valence electrons. The molecule has 0 atom stereocenters. The zero-order valence-electron chi connectivity index (χ0n) is 9.99. The molecule has 3 rings (SSSR count). The van der Waals surface area contributed by atoms with Crippen LogP contribution in [0.2, 0.25) is 0 Å². The number of rotatable bonds is 1. The molecular weight excluding hydrogens is 228 g/mol. The van der Waals surface area contributed by atoms with E-state index in [1.54, 1.807) is 23.3 Å². The topological polar surface area (TPSA) is 72.3 Å². The molecule has 0 N–H and O–H groups in total. The van der Waals surface area contributed by atoms with E-state index >= 15 is 0 Å². The predicted molar refractivity (Wildman–Crippen MR) is 65.1 cm³/mol. The highest BCUT2D eigenvalue weighted by Crippen LogP contribution is 2.20. The largest absolute Gasteiger partial charge is 0.249 e. The van der Waals surface area contributed by atoms with E-state index in [4.69, 9.17) is 0 Å². The van der Waals surface area contributed by atoms with Crippen LogP contribution in [0.15, 0.2) is 24.3 Å². The quantitative estimate of drug-likeness (QED) is 0.641. The van der Waals surface area contributed by atoms with E-state index < -0.39 is 0 Å². The van der Waals surface area contributed by atoms with Gasteiger partial charge in [-0.2, -0.15) is 15.0 Å². The highest BCUT2D eigenvalue weighted by atomic mass is 15.5. The average Bonchev–Trinajstić information content (AvgIpc) is 2.89. The molecular formula is C12H10N6. The normalized spacial score (nSPS) is 10.7. The van der Waals surface area contributed by atoms with Crippen molar-refractivity contribution in [3.63, 3.8) is 0 Å². The molecule has 0 aliphatic rings. The summed E-state index contributed by atoms with van der Waals surface area (Å²) in [7, 11) is 1.79. The fourth-order valence-corrected chi connectivity index (χ4v) is 2.05. The maximum absolute atomic E-state index is 9.22. The Morgan fingerprint density at radius 3 is 2.83 bits per heavy atom. The molecule has 0 amide bonds. The van der Waals surface area contributed by atoms with Crippen molar-refractivity contribution in [1.82, 2.24) is 24.8 Å². The van der Waals surface area contributed by atoms with Crippen LogP contribution in [-0.4, -0.2) is 24.8 Å². The molecule has 0 saturated carbocycles. The summed E-state index contributed by atoms with van der Waals surface area (Å²) in [6.07, 6.45) is 0. The van der Waals surface area contributed by atoms with Crippen LogP contribution >= 0.6 is 0 Å². The average molecular weight is 238 g/mol. The molecule has 0 spiro atoms. The summed E-state index contributed by atoms with van der Waals surface area (Å²) in [6.45, 7) is 1.81. The summed E-state index contributed by atoms with van der Waals surface area (Å²) >= 11 is 0. The van der Waals surface area contributed by atoms with Gasteiger partial charge >= 0.3 is 0 Å². The van der Waals surface area contributed by atoms with Crippen LogP contribution in [-0.2, 0) is 7.05 Å². The zero-order chi connectivity index (χ0) is 12.7. The molecule has 0 aliphatic carbocycles. The molecule has 2 aromatic heterocycles. The van der Waals surface area contributed by atoms with Crippen molar-refractivity contribution < 1.29 is 0 Å². The Kier molecular flexibility index (Phi) is 2.13. The van der Waals surface area contributed by atoms with Crippen molar-refractivity contribution in [2.45, 2.75) is 6.92 Å². The van der Waals surface area contributed by atoms with Gasteiger partial charge < -0.3 is 0 Å². The third-order valence-electron chi connectivity index (χ3n) is 2.86. The van der Waals surface area contributed by atoms with Crippen LogP contribution in [0, 0.1) is 18.3 Å². The molecule has 0 fully saturated rings. The molecule has 0 aliphatic heterocycles. The van der Waals surface area contributed by atoms with Crippen LogP contribution in [0.25, 0.3) is 16.9 Å². The lowest BCUT2D eigenvalue weighted by Crippen LogP contribution is -2.06. The van der Waals surface area contributed by atoms with Gasteiger partial charge in [-0.3, -0.25) is 0 Å². The fourth-order valence-electron chi connectivity index (χ4n) is 2.05. The number of nitrogens with zero attached hydrogens (tertiary/aromatic N) is 6. The number of fused-ring (bicyclic) bond motifs is 1. The number of aromatic nitrogens is 5. The first-order valence-electron chi connectivity index (χ1n) is 5.47. The molecule has 18 heavy (non-hydrogen) atoms. The monoisotopic (exact) mass is 238 g/mol. The van der Waals surface area contributed by atoms with Crippen LogP contribution in [0.5, 0.6) is 0 Å². The summed E-state index contributed by atoms with van der Waals surface area (Å²) in [4.78, 5) is 0. The van der Waals surface area contributed by atoms with Crippen molar-refractivity contribution >= 4 is 11.0 Å². The second-order valence-corrected chi connectivity index (χ2v) is 4.01. The number of nitriles is 1. The van der Waals surface area contributed by atoms with Gasteiger partial charge in [-0.05, 0) is 19.1 Å². The minimum Gasteiger partial charge on any atom is -0.249 e. The SMILES string of the molecule is Cc1nn(C)c(-n2nnc3ccccc32)c1C#N. The Labute approximate surface area is 103 Å². The zero-order valence-corrected chi connectivity index (χ0v) is 9.99. The van der Waals surface area contributed by atoms with Gasteiger partial charge in [-0.25, -0.2) is 4.68 Å². The number of aryl methyl sites for hydroxylation is 2. The van der Waals surface area contributed by atoms with Crippen molar-refractivity contribution in [3.05, 3.63) is 35.5 Å². The lowest BCUT2D eigenvalue weighted by Gasteiger charge is -2.02. The second-order valence-electron chi connectivity index (χ2n) is 4.01. The predicted octanol–water partition coefficient (Wildman–Crippen LogP) is 1.33. The highest BCUT2D eigenvalue weighted by Gasteiger charge is 2.17. The molecule has 6 heteroatoms. The van der Waals surface area contributed by atoms with Gasteiger partial charge in [0.25, 0.3) is 0 Å². The van der Waals surface area contributed by atoms with Gasteiger partial charge in [-0.15, -0.1) is 5.10 Å². The molecule has 0 bridgehead atoms. The fraction of sp³-hybridized carbons (Fsp3) is 0.167. The van der Waals surface area contributed by atoms with Gasteiger partial charge in [0.05, 0.1) is 11.2 Å². The van der Waals surface area contributed by atoms with Crippen LogP contribution in [0.1, 0.15) is 11.3 Å². The molecule has 1 aromatic carbocycles. The van der Waals surface area contributed by atoms with E-state index in [0.717, 1.165) is 11.0 Å². The Morgan fingerprint density at radius 1 is 1.28 bits per heavy atom. The van der Waals surface area contributed by atoms with Crippen LogP contribution < -0.4 is 0 Å². The smallest absolute Gasteiger partial charge is 0.172 e. The van der Waals surface area contributed by atoms with E-state index in [0.29, 0.717) is 17.1 Å². The number of hydrogen-bond donors (Lipinski definition) is 0. The second kappa shape index (κ2) is 3.67. The third kappa shape index (κ3) is 1.31. The standard InChI is InChI=1S/C12H10N6/c1-8-9(7-13)12(17(2)15-8)18-11-6-4-3-5-10(11)14-16-18/h3-6H,1-2H3. The van der Waals surface area contributed by atoms with E-state index in [2.05, 4.69) is 21.5 Å². The summed E-state index contributed by atoms with van der Waals surface area (Å²) in [5.74, 6) is 0.642. The lowest BCUT2D eigenvalue weighted by molar-refractivity contribution is 0.686. The first kappa shape index (κ1) is 10.5. The maximum atomic E-state index is 9.22. The first-order valence-corrected chi connectivity index (χ1v) is 5.47. The van der Waals surface area contributed by atoms with Crippen LogP contribution in [0.3, 0.4) is 0 Å². The maximum Gasteiger partial charge on any atom is 0.172 e. The van der Waals surface area contributed by atoms with E-state index in [9.17, 15) is 5.26 Å². The Morgan fingerprint density at radius 2 is 2.06 bits per heavy atom. The van der Waals surface area contributed by atoms with Crippen molar-refractivity contribution in [3.8, 4) is 11.9 Å². The summed E-state index contributed by atoms with van der Waals surface area (Å²) in [5.41, 5.74) is 2.86.